The van der Waals surface area contributed by atoms with Crippen molar-refractivity contribution in [2.45, 2.75) is 19.9 Å². The van der Waals surface area contributed by atoms with Crippen molar-refractivity contribution >= 4 is 34.9 Å². The van der Waals surface area contributed by atoms with Gasteiger partial charge in [0.1, 0.15) is 17.3 Å². The van der Waals surface area contributed by atoms with Gasteiger partial charge in [0.05, 0.1) is 35.6 Å². The lowest BCUT2D eigenvalue weighted by molar-refractivity contribution is -0.138. The molecule has 6 rings (SSSR count). The number of ether oxygens (including phenoxy) is 2. The first-order valence-electron chi connectivity index (χ1n) is 14.0. The molecule has 9 heteroatoms. The summed E-state index contributed by atoms with van der Waals surface area (Å²) in [6, 6.07) is 26.6. The number of esters is 1. The van der Waals surface area contributed by atoms with Crippen LogP contribution in [0.3, 0.4) is 0 Å². The van der Waals surface area contributed by atoms with Crippen LogP contribution in [0.1, 0.15) is 47.1 Å². The van der Waals surface area contributed by atoms with E-state index in [0.29, 0.717) is 43.4 Å². The second-order valence-electron chi connectivity index (χ2n) is 10.0. The maximum Gasteiger partial charge on any atom is 0.338 e. The summed E-state index contributed by atoms with van der Waals surface area (Å²) in [6.45, 7) is 3.43. The third-order valence-electron chi connectivity index (χ3n) is 7.26. The van der Waals surface area contributed by atoms with Crippen LogP contribution in [0, 0.1) is 0 Å². The van der Waals surface area contributed by atoms with E-state index in [9.17, 15) is 14.4 Å². The zero-order valence-corrected chi connectivity index (χ0v) is 25.1. The lowest BCUT2D eigenvalue weighted by atomic mass is 9.93. The summed E-state index contributed by atoms with van der Waals surface area (Å²) in [5.74, 6) is 1.10. The summed E-state index contributed by atoms with van der Waals surface area (Å²) in [7, 11) is 1.57. The van der Waals surface area contributed by atoms with Crippen LogP contribution in [-0.4, -0.2) is 30.0 Å². The maximum absolute atomic E-state index is 14.1. The number of nitrogens with zero attached hydrogens (tertiary/aromatic N) is 2. The largest absolute Gasteiger partial charge is 0.497 e. The Balaban J connectivity index is 1.53. The minimum Gasteiger partial charge on any atom is -0.497 e. The molecule has 5 aromatic rings. The van der Waals surface area contributed by atoms with Crippen LogP contribution < -0.4 is 19.6 Å². The van der Waals surface area contributed by atoms with Gasteiger partial charge in [0, 0.05) is 22.8 Å². The molecule has 1 aliphatic rings. The van der Waals surface area contributed by atoms with Gasteiger partial charge in [0.2, 0.25) is 0 Å². The number of hydrogen-bond donors (Lipinski definition) is 0. The molecule has 8 nitrogen and oxygen atoms in total. The minimum atomic E-state index is -0.815. The molecule has 0 N–H and O–H groups in total. The summed E-state index contributed by atoms with van der Waals surface area (Å²) in [5, 5.41) is 0. The van der Waals surface area contributed by atoms with Gasteiger partial charge in [-0.05, 0) is 43.7 Å². The third-order valence-corrected chi connectivity index (χ3v) is 8.24. The maximum atomic E-state index is 14.1. The lowest BCUT2D eigenvalue weighted by Crippen LogP contribution is -2.40. The number of Topliss-reactive ketones (excluding diaryl/α,β-unsaturated/α-hetero) is 1. The van der Waals surface area contributed by atoms with E-state index in [2.05, 4.69) is 0 Å². The highest BCUT2D eigenvalue weighted by Crippen LogP contribution is 2.36. The van der Waals surface area contributed by atoms with Crippen LogP contribution in [0.4, 0.5) is 0 Å². The van der Waals surface area contributed by atoms with Crippen molar-refractivity contribution in [3.8, 4) is 17.1 Å². The fraction of sp³-hybridized carbons (Fsp3) is 0.143. The molecule has 3 aromatic carbocycles. The second kappa shape index (κ2) is 12.1. The minimum absolute atomic E-state index is 0.0131. The lowest BCUT2D eigenvalue weighted by Gasteiger charge is -2.26. The Morgan fingerprint density at radius 1 is 0.977 bits per heavy atom. The summed E-state index contributed by atoms with van der Waals surface area (Å²) in [5.41, 5.74) is 3.22. The van der Waals surface area contributed by atoms with Gasteiger partial charge in [-0.3, -0.25) is 14.2 Å². The van der Waals surface area contributed by atoms with Gasteiger partial charge in [0.15, 0.2) is 10.6 Å². The van der Waals surface area contributed by atoms with E-state index in [0.717, 1.165) is 11.1 Å². The van der Waals surface area contributed by atoms with Crippen molar-refractivity contribution < 1.29 is 23.5 Å². The van der Waals surface area contributed by atoms with Crippen LogP contribution in [0.15, 0.2) is 111 Å². The van der Waals surface area contributed by atoms with Crippen molar-refractivity contribution in [3.63, 3.8) is 0 Å². The predicted octanol–water partition coefficient (Wildman–Crippen LogP) is 5.41. The van der Waals surface area contributed by atoms with Crippen LogP contribution in [0.5, 0.6) is 5.75 Å². The summed E-state index contributed by atoms with van der Waals surface area (Å²) in [4.78, 5) is 44.7. The van der Waals surface area contributed by atoms with Crippen LogP contribution >= 0.6 is 11.3 Å². The van der Waals surface area contributed by atoms with Crippen molar-refractivity contribution in [1.82, 2.24) is 4.57 Å². The normalized spacial score (nSPS) is 14.6. The van der Waals surface area contributed by atoms with E-state index in [1.165, 1.54) is 22.8 Å². The zero-order chi connectivity index (χ0) is 30.8. The van der Waals surface area contributed by atoms with E-state index in [1.54, 1.807) is 44.4 Å². The summed E-state index contributed by atoms with van der Waals surface area (Å²) in [6.07, 6.45) is 1.68. The summed E-state index contributed by atoms with van der Waals surface area (Å²) >= 11 is 1.21. The first-order chi connectivity index (χ1) is 21.4. The molecule has 1 unspecified atom stereocenters. The molecule has 0 fully saturated rings. The number of carbonyl (C=O) groups is 2. The Hall–Kier alpha value is -5.28. The number of methoxy groups -OCH3 is 1. The first-order valence-corrected chi connectivity index (χ1v) is 14.8. The van der Waals surface area contributed by atoms with E-state index in [-0.39, 0.29) is 23.5 Å². The molecule has 0 radical (unpaired) electrons. The Morgan fingerprint density at radius 3 is 2.45 bits per heavy atom. The highest BCUT2D eigenvalue weighted by atomic mass is 32.1. The van der Waals surface area contributed by atoms with Gasteiger partial charge in [0.25, 0.3) is 5.56 Å². The van der Waals surface area contributed by atoms with Crippen LogP contribution in [0.2, 0.25) is 0 Å². The van der Waals surface area contributed by atoms with Gasteiger partial charge >= 0.3 is 5.97 Å². The topological polar surface area (TPSA) is 100 Å². The van der Waals surface area contributed by atoms with Crippen LogP contribution in [0.25, 0.3) is 23.1 Å². The molecule has 0 spiro atoms. The number of furan rings is 1. The molecule has 1 aliphatic heterocycles. The van der Waals surface area contributed by atoms with Crippen LogP contribution in [-0.2, 0) is 9.53 Å². The molecule has 3 heterocycles. The van der Waals surface area contributed by atoms with Gasteiger partial charge in [-0.15, -0.1) is 0 Å². The van der Waals surface area contributed by atoms with E-state index < -0.39 is 12.0 Å². The first kappa shape index (κ1) is 28.8. The van der Waals surface area contributed by atoms with E-state index in [1.807, 2.05) is 66.7 Å². The van der Waals surface area contributed by atoms with Gasteiger partial charge < -0.3 is 13.9 Å². The number of aromatic nitrogens is 1. The number of benzene rings is 3. The standard InChI is InChI=1S/C35H28N2O6S/c1-4-42-34(40)30-31(24-9-6-5-7-10-24)36-35-37(32(30)25-11-8-12-26(19-25)41-3)33(39)29(44-35)20-27-17-18-28(43-27)23-15-13-22(14-16-23)21(2)38/h5-20,32H,4H2,1-3H3/b29-20-. The van der Waals surface area contributed by atoms with E-state index in [4.69, 9.17) is 18.9 Å². The average molecular weight is 605 g/mol. The fourth-order valence-corrected chi connectivity index (χ4v) is 6.13. The van der Waals surface area contributed by atoms with Crippen molar-refractivity contribution in [2.75, 3.05) is 13.7 Å². The number of carbonyl (C=O) groups excluding carboxylic acids is 2. The smallest absolute Gasteiger partial charge is 0.338 e. The molecular formula is C35H28N2O6S. The average Bonchev–Trinajstić information content (AvgIpc) is 3.64. The monoisotopic (exact) mass is 604 g/mol. The van der Waals surface area contributed by atoms with Gasteiger partial charge in [-0.2, -0.15) is 0 Å². The molecule has 2 aromatic heterocycles. The fourth-order valence-electron chi connectivity index (χ4n) is 5.15. The number of ketones is 1. The van der Waals surface area contributed by atoms with Gasteiger partial charge in [-0.1, -0.05) is 78.1 Å². The molecule has 220 valence electrons. The quantitative estimate of drug-likeness (QED) is 0.174. The number of rotatable bonds is 8. The highest BCUT2D eigenvalue weighted by Gasteiger charge is 2.35. The van der Waals surface area contributed by atoms with E-state index >= 15 is 0 Å². The van der Waals surface area contributed by atoms with Gasteiger partial charge in [-0.25, -0.2) is 9.79 Å². The van der Waals surface area contributed by atoms with Crippen molar-refractivity contribution in [2.24, 2.45) is 4.99 Å². The Morgan fingerprint density at radius 2 is 1.75 bits per heavy atom. The molecule has 0 amide bonds. The molecular weight excluding hydrogens is 576 g/mol. The Labute approximate surface area is 256 Å². The third kappa shape index (κ3) is 5.45. The SMILES string of the molecule is CCOC(=O)C1=C(c2ccccc2)N=c2s/c(=C\c3ccc(-c4ccc(C(C)=O)cc4)o3)c(=O)n2C1c1cccc(OC)c1. The van der Waals surface area contributed by atoms with Crippen molar-refractivity contribution in [1.29, 1.82) is 0 Å². The highest BCUT2D eigenvalue weighted by molar-refractivity contribution is 7.07. The Bertz CT molecular complexity index is 2080. The molecule has 0 aliphatic carbocycles. The number of thiazole rings is 1. The summed E-state index contributed by atoms with van der Waals surface area (Å²) < 4.78 is 19.0. The second-order valence-corrected chi connectivity index (χ2v) is 11.1. The molecule has 0 saturated heterocycles. The molecule has 0 saturated carbocycles. The number of fused-ring (bicyclic) bond motifs is 1. The number of hydrogen-bond acceptors (Lipinski definition) is 8. The Kier molecular flexibility index (Phi) is 7.95. The molecule has 1 atom stereocenters. The van der Waals surface area contributed by atoms with Crippen molar-refractivity contribution in [3.05, 3.63) is 139 Å². The molecule has 0 bridgehead atoms. The predicted molar refractivity (Wildman–Crippen MR) is 168 cm³/mol. The molecule has 44 heavy (non-hydrogen) atoms. The zero-order valence-electron chi connectivity index (χ0n) is 24.3.